The molecule has 4 rings (SSSR count). The molecule has 1 N–H and O–H groups in total. The van der Waals surface area contributed by atoms with Crippen LogP contribution in [0.4, 0.5) is 19.0 Å². The van der Waals surface area contributed by atoms with Crippen LogP contribution in [-0.2, 0) is 6.18 Å². The fourth-order valence-electron chi connectivity index (χ4n) is 3.24. The Kier molecular flexibility index (Phi) is 5.27. The lowest BCUT2D eigenvalue weighted by Crippen LogP contribution is -2.35. The van der Waals surface area contributed by atoms with E-state index in [2.05, 4.69) is 15.2 Å². The van der Waals surface area contributed by atoms with Crippen LogP contribution in [0.1, 0.15) is 22.5 Å². The SMILES string of the molecule is O=C(c1cc(-c2cccs2)[nH]n1)N1CCCN(c2ccc(C(F)(F)F)cn2)CC1. The van der Waals surface area contributed by atoms with E-state index < -0.39 is 11.7 Å². The molecule has 29 heavy (non-hydrogen) atoms. The highest BCUT2D eigenvalue weighted by atomic mass is 32.1. The number of carbonyl (C=O) groups excluding carboxylic acids is 1. The minimum Gasteiger partial charge on any atom is -0.355 e. The molecule has 0 aliphatic carbocycles. The van der Waals surface area contributed by atoms with Crippen LogP contribution in [0, 0.1) is 0 Å². The summed E-state index contributed by atoms with van der Waals surface area (Å²) in [5.41, 5.74) is 0.385. The van der Waals surface area contributed by atoms with Gasteiger partial charge in [-0.2, -0.15) is 18.3 Å². The normalized spacial score (nSPS) is 15.4. The highest BCUT2D eigenvalue weighted by Gasteiger charge is 2.31. The van der Waals surface area contributed by atoms with Crippen LogP contribution in [0.2, 0.25) is 0 Å². The topological polar surface area (TPSA) is 65.1 Å². The number of nitrogens with one attached hydrogen (secondary N) is 1. The molecule has 0 aromatic carbocycles. The van der Waals surface area contributed by atoms with Gasteiger partial charge in [-0.3, -0.25) is 9.89 Å². The van der Waals surface area contributed by atoms with Gasteiger partial charge in [-0.15, -0.1) is 11.3 Å². The van der Waals surface area contributed by atoms with Crippen molar-refractivity contribution >= 4 is 23.1 Å². The van der Waals surface area contributed by atoms with E-state index in [-0.39, 0.29) is 5.91 Å². The van der Waals surface area contributed by atoms with Crippen molar-refractivity contribution in [1.82, 2.24) is 20.1 Å². The van der Waals surface area contributed by atoms with Crippen LogP contribution in [-0.4, -0.2) is 52.2 Å². The quantitative estimate of drug-likeness (QED) is 0.697. The van der Waals surface area contributed by atoms with Gasteiger partial charge in [-0.05, 0) is 36.1 Å². The lowest BCUT2D eigenvalue weighted by Gasteiger charge is -2.22. The number of aromatic amines is 1. The summed E-state index contributed by atoms with van der Waals surface area (Å²) in [6.45, 7) is 2.11. The Bertz CT molecular complexity index is 969. The Morgan fingerprint density at radius 2 is 2.00 bits per heavy atom. The standard InChI is InChI=1S/C19H18F3N5OS/c20-19(21,22)13-4-5-17(23-12-13)26-6-2-7-27(9-8-26)18(28)15-11-14(24-25-15)16-3-1-10-29-16/h1,3-5,10-12H,2,6-9H2,(H,24,25). The summed E-state index contributed by atoms with van der Waals surface area (Å²) < 4.78 is 38.1. The van der Waals surface area contributed by atoms with Crippen LogP contribution in [0.3, 0.4) is 0 Å². The highest BCUT2D eigenvalue weighted by Crippen LogP contribution is 2.29. The maximum Gasteiger partial charge on any atom is 0.417 e. The molecule has 0 radical (unpaired) electrons. The lowest BCUT2D eigenvalue weighted by molar-refractivity contribution is -0.137. The second kappa shape index (κ2) is 7.86. The third-order valence-corrected chi connectivity index (χ3v) is 5.67. The Labute approximate surface area is 169 Å². The lowest BCUT2D eigenvalue weighted by atomic mass is 10.2. The van der Waals surface area contributed by atoms with Gasteiger partial charge >= 0.3 is 6.18 Å². The number of hydrogen-bond donors (Lipinski definition) is 1. The Hall–Kier alpha value is -2.88. The number of pyridine rings is 1. The van der Waals surface area contributed by atoms with E-state index in [1.165, 1.54) is 6.07 Å². The molecule has 1 aliphatic heterocycles. The van der Waals surface area contributed by atoms with Crippen molar-refractivity contribution in [2.45, 2.75) is 12.6 Å². The van der Waals surface area contributed by atoms with Crippen LogP contribution >= 0.6 is 11.3 Å². The van der Waals surface area contributed by atoms with E-state index in [1.54, 1.807) is 22.3 Å². The van der Waals surface area contributed by atoms with E-state index >= 15 is 0 Å². The summed E-state index contributed by atoms with van der Waals surface area (Å²) in [6.07, 6.45) is -2.87. The molecule has 1 amide bonds. The summed E-state index contributed by atoms with van der Waals surface area (Å²) >= 11 is 1.56. The number of aromatic nitrogens is 3. The zero-order valence-corrected chi connectivity index (χ0v) is 16.1. The summed E-state index contributed by atoms with van der Waals surface area (Å²) in [6, 6.07) is 8.04. The molecule has 3 aromatic rings. The van der Waals surface area contributed by atoms with Crippen LogP contribution in [0.5, 0.6) is 0 Å². The molecule has 1 saturated heterocycles. The van der Waals surface area contributed by atoms with Crippen molar-refractivity contribution in [3.8, 4) is 10.6 Å². The van der Waals surface area contributed by atoms with Gasteiger partial charge in [0, 0.05) is 32.4 Å². The molecule has 6 nitrogen and oxygen atoms in total. The van der Waals surface area contributed by atoms with E-state index in [1.807, 2.05) is 22.4 Å². The molecule has 1 aliphatic rings. The average Bonchev–Trinajstić information content (AvgIpc) is 3.34. The van der Waals surface area contributed by atoms with Crippen LogP contribution < -0.4 is 4.90 Å². The van der Waals surface area contributed by atoms with Gasteiger partial charge < -0.3 is 9.80 Å². The van der Waals surface area contributed by atoms with Gasteiger partial charge in [0.2, 0.25) is 0 Å². The number of anilines is 1. The zero-order chi connectivity index (χ0) is 20.4. The first-order chi connectivity index (χ1) is 13.9. The van der Waals surface area contributed by atoms with Gasteiger partial charge in [0.1, 0.15) is 5.82 Å². The fraction of sp³-hybridized carbons (Fsp3) is 0.316. The summed E-state index contributed by atoms with van der Waals surface area (Å²) in [4.78, 5) is 21.4. The maximum atomic E-state index is 12.8. The molecule has 0 bridgehead atoms. The van der Waals surface area contributed by atoms with E-state index in [0.29, 0.717) is 44.1 Å². The molecule has 0 atom stereocenters. The van der Waals surface area contributed by atoms with Crippen LogP contribution in [0.15, 0.2) is 41.9 Å². The molecule has 10 heteroatoms. The number of rotatable bonds is 3. The summed E-state index contributed by atoms with van der Waals surface area (Å²) in [5, 5.41) is 9.00. The van der Waals surface area contributed by atoms with Crippen molar-refractivity contribution in [3.05, 3.63) is 53.2 Å². The Balaban J connectivity index is 1.41. The van der Waals surface area contributed by atoms with E-state index in [4.69, 9.17) is 0 Å². The number of hydrogen-bond acceptors (Lipinski definition) is 5. The number of H-pyrrole nitrogens is 1. The van der Waals surface area contributed by atoms with Crippen molar-refractivity contribution in [3.63, 3.8) is 0 Å². The first-order valence-electron chi connectivity index (χ1n) is 9.08. The predicted octanol–water partition coefficient (Wildman–Crippen LogP) is 3.90. The van der Waals surface area contributed by atoms with Crippen LogP contribution in [0.25, 0.3) is 10.6 Å². The van der Waals surface area contributed by atoms with Gasteiger partial charge in [0.15, 0.2) is 5.69 Å². The second-order valence-corrected chi connectivity index (χ2v) is 7.63. The predicted molar refractivity (Wildman–Crippen MR) is 104 cm³/mol. The molecule has 4 heterocycles. The number of amides is 1. The number of alkyl halides is 3. The molecule has 1 fully saturated rings. The average molecular weight is 421 g/mol. The highest BCUT2D eigenvalue weighted by molar-refractivity contribution is 7.13. The first kappa shape index (κ1) is 19.4. The summed E-state index contributed by atoms with van der Waals surface area (Å²) in [5.74, 6) is 0.318. The third-order valence-electron chi connectivity index (χ3n) is 4.77. The van der Waals surface area contributed by atoms with Gasteiger partial charge in [0.25, 0.3) is 5.91 Å². The molecule has 0 spiro atoms. The Morgan fingerprint density at radius 3 is 2.69 bits per heavy atom. The minimum atomic E-state index is -4.40. The molecule has 3 aromatic heterocycles. The molecule has 0 unspecified atom stereocenters. The molecule has 0 saturated carbocycles. The summed E-state index contributed by atoms with van der Waals surface area (Å²) in [7, 11) is 0. The van der Waals surface area contributed by atoms with Gasteiger partial charge in [0.05, 0.1) is 16.1 Å². The largest absolute Gasteiger partial charge is 0.417 e. The number of thiophene rings is 1. The number of nitrogens with zero attached hydrogens (tertiary/aromatic N) is 4. The smallest absolute Gasteiger partial charge is 0.355 e. The second-order valence-electron chi connectivity index (χ2n) is 6.68. The van der Waals surface area contributed by atoms with E-state index in [9.17, 15) is 18.0 Å². The van der Waals surface area contributed by atoms with Crippen molar-refractivity contribution in [1.29, 1.82) is 0 Å². The first-order valence-corrected chi connectivity index (χ1v) is 9.96. The van der Waals surface area contributed by atoms with E-state index in [0.717, 1.165) is 22.8 Å². The number of halogens is 3. The monoisotopic (exact) mass is 421 g/mol. The van der Waals surface area contributed by atoms with Gasteiger partial charge in [-0.1, -0.05) is 6.07 Å². The number of carbonyl (C=O) groups is 1. The third kappa shape index (κ3) is 4.26. The fourth-order valence-corrected chi connectivity index (χ4v) is 3.93. The minimum absolute atomic E-state index is 0.161. The molecule has 152 valence electrons. The van der Waals surface area contributed by atoms with Crippen molar-refractivity contribution < 1.29 is 18.0 Å². The van der Waals surface area contributed by atoms with Gasteiger partial charge in [-0.25, -0.2) is 4.98 Å². The van der Waals surface area contributed by atoms with Crippen molar-refractivity contribution in [2.75, 3.05) is 31.1 Å². The maximum absolute atomic E-state index is 12.8. The molecular weight excluding hydrogens is 403 g/mol. The van der Waals surface area contributed by atoms with Crippen molar-refractivity contribution in [2.24, 2.45) is 0 Å². The zero-order valence-electron chi connectivity index (χ0n) is 15.3. The molecular formula is C19H18F3N5OS. The Morgan fingerprint density at radius 1 is 1.14 bits per heavy atom.